The molecule has 0 aliphatic heterocycles. The van der Waals surface area contributed by atoms with Gasteiger partial charge in [0.1, 0.15) is 5.82 Å². The van der Waals surface area contributed by atoms with Gasteiger partial charge >= 0.3 is 5.97 Å². The fourth-order valence-electron chi connectivity index (χ4n) is 2.46. The van der Waals surface area contributed by atoms with Crippen molar-refractivity contribution in [3.8, 4) is 0 Å². The molecule has 0 spiro atoms. The van der Waals surface area contributed by atoms with Crippen molar-refractivity contribution in [3.05, 3.63) is 47.3 Å². The first-order chi connectivity index (χ1) is 10.3. The summed E-state index contributed by atoms with van der Waals surface area (Å²) in [6, 6.07) is 3.63. The second-order valence-electron chi connectivity index (χ2n) is 5.47. The molecule has 1 aromatic carbocycles. The number of carbonyl (C=O) groups is 1. The highest BCUT2D eigenvalue weighted by atomic mass is 32.2. The van der Waals surface area contributed by atoms with Crippen LogP contribution in [0.4, 0.5) is 4.39 Å². The van der Waals surface area contributed by atoms with E-state index in [2.05, 4.69) is 4.72 Å². The lowest BCUT2D eigenvalue weighted by Crippen LogP contribution is -2.44. The van der Waals surface area contributed by atoms with Crippen LogP contribution in [0.2, 0.25) is 0 Å². The van der Waals surface area contributed by atoms with Crippen molar-refractivity contribution in [2.75, 3.05) is 0 Å². The Morgan fingerprint density at radius 2 is 2.05 bits per heavy atom. The van der Waals surface area contributed by atoms with Gasteiger partial charge in [-0.05, 0) is 31.4 Å². The monoisotopic (exact) mass is 327 g/mol. The van der Waals surface area contributed by atoms with Gasteiger partial charge in [-0.1, -0.05) is 24.3 Å². The van der Waals surface area contributed by atoms with Gasteiger partial charge < -0.3 is 5.11 Å². The lowest BCUT2D eigenvalue weighted by Gasteiger charge is -2.26. The number of benzene rings is 1. The van der Waals surface area contributed by atoms with E-state index in [4.69, 9.17) is 5.11 Å². The summed E-state index contributed by atoms with van der Waals surface area (Å²) in [4.78, 5) is 11.2. The van der Waals surface area contributed by atoms with E-state index in [0.717, 1.165) is 0 Å². The van der Waals surface area contributed by atoms with Crippen molar-refractivity contribution in [2.45, 2.75) is 31.6 Å². The zero-order chi connectivity index (χ0) is 16.3. The molecule has 120 valence electrons. The molecule has 22 heavy (non-hydrogen) atoms. The summed E-state index contributed by atoms with van der Waals surface area (Å²) in [5.41, 5.74) is 0.770. The van der Waals surface area contributed by atoms with Crippen LogP contribution < -0.4 is 4.72 Å². The lowest BCUT2D eigenvalue weighted by molar-refractivity contribution is -0.142. The maximum atomic E-state index is 13.8. The van der Waals surface area contributed by atoms with Crippen LogP contribution in [-0.2, 0) is 20.6 Å². The fourth-order valence-corrected chi connectivity index (χ4v) is 3.91. The first-order valence-electron chi connectivity index (χ1n) is 6.91. The Morgan fingerprint density at radius 1 is 1.36 bits per heavy atom. The Hall–Kier alpha value is -1.73. The van der Waals surface area contributed by atoms with Crippen LogP contribution in [0.3, 0.4) is 0 Å². The minimum absolute atomic E-state index is 0.0660. The van der Waals surface area contributed by atoms with Gasteiger partial charge in [0.15, 0.2) is 0 Å². The summed E-state index contributed by atoms with van der Waals surface area (Å²) in [5.74, 6) is -2.93. The van der Waals surface area contributed by atoms with Gasteiger partial charge in [0, 0.05) is 11.6 Å². The minimum atomic E-state index is -3.82. The van der Waals surface area contributed by atoms with Gasteiger partial charge in [-0.2, -0.15) is 0 Å². The maximum absolute atomic E-state index is 13.8. The van der Waals surface area contributed by atoms with Crippen molar-refractivity contribution in [3.63, 3.8) is 0 Å². The van der Waals surface area contributed by atoms with Crippen LogP contribution in [0, 0.1) is 18.7 Å². The Morgan fingerprint density at radius 3 is 2.68 bits per heavy atom. The fraction of sp³-hybridized carbons (Fsp3) is 0.400. The molecule has 1 aromatic rings. The van der Waals surface area contributed by atoms with E-state index in [0.29, 0.717) is 12.0 Å². The number of sulfonamides is 1. The third-order valence-corrected chi connectivity index (χ3v) is 4.99. The molecule has 0 radical (unpaired) electrons. The average molecular weight is 327 g/mol. The quantitative estimate of drug-likeness (QED) is 0.810. The molecule has 0 saturated heterocycles. The molecule has 0 unspecified atom stereocenters. The van der Waals surface area contributed by atoms with Crippen molar-refractivity contribution in [1.29, 1.82) is 0 Å². The van der Waals surface area contributed by atoms with Crippen LogP contribution in [-0.4, -0.2) is 25.5 Å². The van der Waals surface area contributed by atoms with Crippen LogP contribution in [0.5, 0.6) is 0 Å². The third kappa shape index (κ3) is 4.14. The molecule has 0 fully saturated rings. The molecule has 2 rings (SSSR count). The summed E-state index contributed by atoms with van der Waals surface area (Å²) >= 11 is 0. The predicted molar refractivity (Wildman–Crippen MR) is 80.2 cm³/mol. The summed E-state index contributed by atoms with van der Waals surface area (Å²) in [5, 5.41) is 9.14. The van der Waals surface area contributed by atoms with Crippen LogP contribution in [0.25, 0.3) is 0 Å². The Bertz CT molecular complexity index is 699. The second-order valence-corrected chi connectivity index (χ2v) is 7.22. The number of aryl methyl sites for hydroxylation is 1. The number of rotatable bonds is 5. The zero-order valence-electron chi connectivity index (χ0n) is 12.1. The van der Waals surface area contributed by atoms with Crippen molar-refractivity contribution in [1.82, 2.24) is 4.72 Å². The summed E-state index contributed by atoms with van der Waals surface area (Å²) in [7, 11) is -3.82. The molecule has 2 N–H and O–H groups in total. The first kappa shape index (κ1) is 16.6. The SMILES string of the molecule is Cc1ccc(CS(=O)(=O)N[C@@H]2CC=CC[C@@H]2C(=O)O)c(F)c1. The summed E-state index contributed by atoms with van der Waals surface area (Å²) < 4.78 is 40.5. The molecule has 7 heteroatoms. The van der Waals surface area contributed by atoms with Gasteiger partial charge in [0.25, 0.3) is 0 Å². The molecular weight excluding hydrogens is 309 g/mol. The molecule has 5 nitrogen and oxygen atoms in total. The standard InChI is InChI=1S/C15H18FNO4S/c1-10-6-7-11(13(16)8-10)9-22(20,21)17-14-5-3-2-4-12(14)15(18)19/h2-3,6-8,12,14,17H,4-5,9H2,1H3,(H,18,19)/t12-,14+/m0/s1. The topological polar surface area (TPSA) is 83.5 Å². The molecule has 0 bridgehead atoms. The van der Waals surface area contributed by atoms with Gasteiger partial charge in [0.2, 0.25) is 10.0 Å². The van der Waals surface area contributed by atoms with Crippen LogP contribution in [0.15, 0.2) is 30.4 Å². The Kier molecular flexibility index (Phi) is 4.97. The average Bonchev–Trinajstić information content (AvgIpc) is 2.42. The number of carboxylic acid groups (broad SMARTS) is 1. The van der Waals surface area contributed by atoms with Crippen molar-refractivity contribution < 1.29 is 22.7 Å². The molecule has 0 heterocycles. The summed E-state index contributed by atoms with van der Waals surface area (Å²) in [6.07, 6.45) is 4.07. The number of hydrogen-bond donors (Lipinski definition) is 2. The van der Waals surface area contributed by atoms with E-state index >= 15 is 0 Å². The molecule has 0 aromatic heterocycles. The van der Waals surface area contributed by atoms with Gasteiger partial charge in [0.05, 0.1) is 11.7 Å². The molecule has 0 amide bonds. The third-order valence-electron chi connectivity index (χ3n) is 3.63. The van der Waals surface area contributed by atoms with Gasteiger partial charge in [-0.3, -0.25) is 4.79 Å². The van der Waals surface area contributed by atoms with E-state index < -0.39 is 39.5 Å². The highest BCUT2D eigenvalue weighted by Crippen LogP contribution is 2.21. The highest BCUT2D eigenvalue weighted by Gasteiger charge is 2.31. The lowest BCUT2D eigenvalue weighted by atomic mass is 9.90. The molecular formula is C15H18FNO4S. The largest absolute Gasteiger partial charge is 0.481 e. The molecule has 0 saturated carbocycles. The van der Waals surface area contributed by atoms with Gasteiger partial charge in [-0.25, -0.2) is 17.5 Å². The van der Waals surface area contributed by atoms with Crippen LogP contribution in [0.1, 0.15) is 24.0 Å². The Labute approximate surface area is 128 Å². The number of nitrogens with one attached hydrogen (secondary N) is 1. The van der Waals surface area contributed by atoms with E-state index in [9.17, 15) is 17.6 Å². The normalized spacial score (nSPS) is 21.7. The number of halogens is 1. The predicted octanol–water partition coefficient (Wildman–Crippen LogP) is 1.97. The molecule has 1 aliphatic carbocycles. The maximum Gasteiger partial charge on any atom is 0.308 e. The molecule has 2 atom stereocenters. The minimum Gasteiger partial charge on any atom is -0.481 e. The van der Waals surface area contributed by atoms with E-state index in [1.807, 2.05) is 0 Å². The van der Waals surface area contributed by atoms with Crippen LogP contribution >= 0.6 is 0 Å². The smallest absolute Gasteiger partial charge is 0.308 e. The number of aliphatic carboxylic acids is 1. The number of hydrogen-bond acceptors (Lipinski definition) is 3. The highest BCUT2D eigenvalue weighted by molar-refractivity contribution is 7.88. The van der Waals surface area contributed by atoms with E-state index in [1.54, 1.807) is 25.1 Å². The Balaban J connectivity index is 2.13. The zero-order valence-corrected chi connectivity index (χ0v) is 12.9. The second kappa shape index (κ2) is 6.58. The molecule has 1 aliphatic rings. The van der Waals surface area contributed by atoms with E-state index in [-0.39, 0.29) is 12.0 Å². The number of carboxylic acids is 1. The van der Waals surface area contributed by atoms with Gasteiger partial charge in [-0.15, -0.1) is 0 Å². The first-order valence-corrected chi connectivity index (χ1v) is 8.56. The van der Waals surface area contributed by atoms with E-state index in [1.165, 1.54) is 12.1 Å². The van der Waals surface area contributed by atoms with Crippen molar-refractivity contribution >= 4 is 16.0 Å². The van der Waals surface area contributed by atoms with Crippen molar-refractivity contribution in [2.24, 2.45) is 5.92 Å². The summed E-state index contributed by atoms with van der Waals surface area (Å²) in [6.45, 7) is 1.71. The number of allylic oxidation sites excluding steroid dienone is 1.